The zero-order valence-electron chi connectivity index (χ0n) is 17.2. The summed E-state index contributed by atoms with van der Waals surface area (Å²) < 4.78 is 5.53. The number of hydrogen-bond acceptors (Lipinski definition) is 4. The summed E-state index contributed by atoms with van der Waals surface area (Å²) in [5.41, 5.74) is 0.109. The Kier molecular flexibility index (Phi) is 6.40. The number of esters is 1. The van der Waals surface area contributed by atoms with Gasteiger partial charge in [-0.05, 0) is 57.3 Å². The van der Waals surface area contributed by atoms with Crippen molar-refractivity contribution in [1.82, 2.24) is 0 Å². The lowest BCUT2D eigenvalue weighted by molar-refractivity contribution is -0.147. The van der Waals surface area contributed by atoms with Gasteiger partial charge in [0, 0.05) is 19.3 Å². The second-order valence-corrected chi connectivity index (χ2v) is 9.25. The molecule has 6 unspecified atom stereocenters. The molecule has 0 spiro atoms. The van der Waals surface area contributed by atoms with E-state index in [1.165, 1.54) is 6.92 Å². The van der Waals surface area contributed by atoms with Crippen molar-refractivity contribution in [3.63, 3.8) is 0 Å². The van der Waals surface area contributed by atoms with E-state index in [-0.39, 0.29) is 35.2 Å². The number of hydrogen-bond donors (Lipinski definition) is 2. The van der Waals surface area contributed by atoms with Gasteiger partial charge in [0.2, 0.25) is 0 Å². The van der Waals surface area contributed by atoms with E-state index in [1.807, 2.05) is 20.8 Å². The lowest BCUT2D eigenvalue weighted by atomic mass is 9.68. The fraction of sp³-hybridized carbons (Fsp3) is 0.773. The van der Waals surface area contributed by atoms with Crippen LogP contribution in [0.1, 0.15) is 67.2 Å². The number of carbonyl (C=O) groups is 1. The molecule has 0 amide bonds. The Morgan fingerprint density at radius 1 is 1.38 bits per heavy atom. The molecule has 148 valence electrons. The van der Waals surface area contributed by atoms with Crippen LogP contribution in [0.5, 0.6) is 0 Å². The van der Waals surface area contributed by atoms with Crippen molar-refractivity contribution in [2.75, 3.05) is 0 Å². The Morgan fingerprint density at radius 3 is 2.62 bits per heavy atom. The van der Waals surface area contributed by atoms with Gasteiger partial charge in [-0.25, -0.2) is 0 Å². The summed E-state index contributed by atoms with van der Waals surface area (Å²) in [6.07, 6.45) is 8.80. The zero-order chi connectivity index (χ0) is 19.7. The molecule has 2 N–H and O–H groups in total. The maximum atomic E-state index is 11.5. The Morgan fingerprint density at radius 2 is 2.04 bits per heavy atom. The van der Waals surface area contributed by atoms with Gasteiger partial charge in [-0.3, -0.25) is 4.79 Å². The minimum atomic E-state index is -0.819. The lowest BCUT2D eigenvalue weighted by Gasteiger charge is -2.40. The molecule has 0 aromatic carbocycles. The van der Waals surface area contributed by atoms with Gasteiger partial charge >= 0.3 is 5.97 Å². The van der Waals surface area contributed by atoms with Crippen molar-refractivity contribution in [2.45, 2.75) is 85.0 Å². The molecule has 0 radical (unpaired) electrons. The molecular weight excluding hydrogens is 328 g/mol. The molecule has 1 saturated carbocycles. The summed E-state index contributed by atoms with van der Waals surface area (Å²) in [6.45, 7) is 11.4. The minimum Gasteiger partial charge on any atom is -0.462 e. The van der Waals surface area contributed by atoms with Gasteiger partial charge in [-0.2, -0.15) is 0 Å². The van der Waals surface area contributed by atoms with Gasteiger partial charge < -0.3 is 14.9 Å². The maximum Gasteiger partial charge on any atom is 0.302 e. The molecular formula is C22H36O4. The molecule has 2 rings (SSSR count). The topological polar surface area (TPSA) is 66.8 Å². The van der Waals surface area contributed by atoms with E-state index in [4.69, 9.17) is 4.74 Å². The van der Waals surface area contributed by atoms with Crippen LogP contribution in [0.2, 0.25) is 0 Å². The fourth-order valence-electron chi connectivity index (χ4n) is 4.90. The molecule has 26 heavy (non-hydrogen) atoms. The van der Waals surface area contributed by atoms with Crippen molar-refractivity contribution < 1.29 is 19.7 Å². The molecule has 2 aliphatic rings. The van der Waals surface area contributed by atoms with E-state index in [0.29, 0.717) is 12.8 Å². The number of allylic oxidation sites excluding steroid dienone is 1. The third-order valence-corrected chi connectivity index (χ3v) is 6.42. The van der Waals surface area contributed by atoms with Crippen molar-refractivity contribution in [1.29, 1.82) is 0 Å². The average molecular weight is 365 g/mol. The number of aliphatic hydroxyl groups excluding tert-OH is 1. The van der Waals surface area contributed by atoms with Crippen LogP contribution in [0.25, 0.3) is 0 Å². The van der Waals surface area contributed by atoms with Crippen molar-refractivity contribution in [3.8, 4) is 0 Å². The first-order valence-electron chi connectivity index (χ1n) is 9.86. The number of carbonyl (C=O) groups excluding carboxylic acids is 1. The highest BCUT2D eigenvalue weighted by Crippen LogP contribution is 2.54. The predicted octanol–water partition coefficient (Wildman–Crippen LogP) is 4.01. The standard InChI is InChI=1S/C22H36O4/c1-14-7-8-19(26-16(3)23)15(2)9-11-22(6)12-10-17(21(4,5)25)20(22)18(24)13-14/h7,9,11,15,17-20,24-25H,8,10,12-13H2,1-6H3. The molecule has 2 aliphatic carbocycles. The highest BCUT2D eigenvalue weighted by atomic mass is 16.5. The van der Waals surface area contributed by atoms with Gasteiger partial charge in [0.1, 0.15) is 6.10 Å². The Hall–Kier alpha value is -1.13. The quantitative estimate of drug-likeness (QED) is 0.574. The summed E-state index contributed by atoms with van der Waals surface area (Å²) in [7, 11) is 0. The van der Waals surface area contributed by atoms with Crippen LogP contribution in [0.4, 0.5) is 0 Å². The van der Waals surface area contributed by atoms with Gasteiger partial charge in [0.15, 0.2) is 0 Å². The summed E-state index contributed by atoms with van der Waals surface area (Å²) in [5, 5.41) is 21.8. The van der Waals surface area contributed by atoms with E-state index in [9.17, 15) is 15.0 Å². The van der Waals surface area contributed by atoms with E-state index in [1.54, 1.807) is 0 Å². The van der Waals surface area contributed by atoms with Crippen LogP contribution < -0.4 is 0 Å². The van der Waals surface area contributed by atoms with Crippen molar-refractivity contribution in [2.24, 2.45) is 23.2 Å². The molecule has 0 heterocycles. The van der Waals surface area contributed by atoms with Gasteiger partial charge in [-0.1, -0.05) is 37.6 Å². The number of rotatable bonds is 2. The van der Waals surface area contributed by atoms with E-state index < -0.39 is 11.7 Å². The largest absolute Gasteiger partial charge is 0.462 e. The Balaban J connectivity index is 2.41. The zero-order valence-corrected chi connectivity index (χ0v) is 17.2. The first kappa shape index (κ1) is 21.2. The second-order valence-electron chi connectivity index (χ2n) is 9.25. The Labute approximate surface area is 158 Å². The summed E-state index contributed by atoms with van der Waals surface area (Å²) in [6, 6.07) is 0. The van der Waals surface area contributed by atoms with Crippen LogP contribution in [-0.4, -0.2) is 34.0 Å². The predicted molar refractivity (Wildman–Crippen MR) is 103 cm³/mol. The summed E-state index contributed by atoms with van der Waals surface area (Å²) in [5.74, 6) is -0.111. The molecule has 0 aliphatic heterocycles. The molecule has 0 bridgehead atoms. The second kappa shape index (κ2) is 7.85. The van der Waals surface area contributed by atoms with E-state index in [2.05, 4.69) is 32.1 Å². The van der Waals surface area contributed by atoms with Crippen LogP contribution in [0, 0.1) is 23.2 Å². The number of ether oxygens (including phenoxy) is 1. The first-order chi connectivity index (χ1) is 11.9. The molecule has 0 saturated heterocycles. The lowest BCUT2D eigenvalue weighted by Crippen LogP contribution is -2.43. The Bertz CT molecular complexity index is 571. The van der Waals surface area contributed by atoms with Crippen LogP contribution >= 0.6 is 0 Å². The smallest absolute Gasteiger partial charge is 0.302 e. The van der Waals surface area contributed by atoms with Gasteiger partial charge in [0.05, 0.1) is 11.7 Å². The molecule has 4 nitrogen and oxygen atoms in total. The normalized spacial score (nSPS) is 38.9. The molecule has 0 aromatic rings. The average Bonchev–Trinajstić information content (AvgIpc) is 2.86. The summed E-state index contributed by atoms with van der Waals surface area (Å²) >= 11 is 0. The highest BCUT2D eigenvalue weighted by molar-refractivity contribution is 5.66. The maximum absolute atomic E-state index is 11.5. The van der Waals surface area contributed by atoms with E-state index >= 15 is 0 Å². The van der Waals surface area contributed by atoms with Crippen molar-refractivity contribution in [3.05, 3.63) is 23.8 Å². The number of aliphatic hydroxyl groups is 2. The van der Waals surface area contributed by atoms with Gasteiger partial charge in [0.25, 0.3) is 0 Å². The van der Waals surface area contributed by atoms with E-state index in [0.717, 1.165) is 18.4 Å². The fourth-order valence-corrected chi connectivity index (χ4v) is 4.90. The number of fused-ring (bicyclic) bond motifs is 1. The molecule has 0 aromatic heterocycles. The monoisotopic (exact) mass is 364 g/mol. The van der Waals surface area contributed by atoms with Crippen LogP contribution in [0.3, 0.4) is 0 Å². The molecule has 6 atom stereocenters. The van der Waals surface area contributed by atoms with Gasteiger partial charge in [-0.15, -0.1) is 0 Å². The molecule has 4 heteroatoms. The van der Waals surface area contributed by atoms with Crippen LogP contribution in [0.15, 0.2) is 23.8 Å². The van der Waals surface area contributed by atoms with Crippen molar-refractivity contribution >= 4 is 5.97 Å². The minimum absolute atomic E-state index is 0.000393. The first-order valence-corrected chi connectivity index (χ1v) is 9.86. The van der Waals surface area contributed by atoms with Crippen LogP contribution in [-0.2, 0) is 9.53 Å². The molecule has 1 fully saturated rings. The third kappa shape index (κ3) is 4.77. The highest BCUT2D eigenvalue weighted by Gasteiger charge is 2.51. The third-order valence-electron chi connectivity index (χ3n) is 6.42. The summed E-state index contributed by atoms with van der Waals surface area (Å²) in [4.78, 5) is 11.5. The SMILES string of the molecule is CC(=O)OC1CC=C(C)CC(O)C2C(C(C)(C)O)CCC2(C)C=CC1C.